The quantitative estimate of drug-likeness (QED) is 0.649. The van der Waals surface area contributed by atoms with E-state index in [1.165, 1.54) is 18.3 Å². The van der Waals surface area contributed by atoms with Gasteiger partial charge in [0.1, 0.15) is 0 Å². The van der Waals surface area contributed by atoms with Gasteiger partial charge in [0.2, 0.25) is 0 Å². The monoisotopic (exact) mass is 370 g/mol. The lowest BCUT2D eigenvalue weighted by molar-refractivity contribution is -0.137. The van der Waals surface area contributed by atoms with Gasteiger partial charge >= 0.3 is 6.18 Å². The number of hydrogen-bond acceptors (Lipinski definition) is 2. The number of alkyl halides is 3. The third kappa shape index (κ3) is 4.53. The first kappa shape index (κ1) is 18.6. The van der Waals surface area contributed by atoms with Crippen molar-refractivity contribution in [1.29, 1.82) is 0 Å². The number of carbonyl (C=O) groups is 1. The smallest absolute Gasteiger partial charge is 0.322 e. The lowest BCUT2D eigenvalue weighted by Crippen LogP contribution is -2.12. The second kappa shape index (κ2) is 7.23. The molecule has 0 aliphatic heterocycles. The highest BCUT2D eigenvalue weighted by atomic mass is 19.4. The van der Waals surface area contributed by atoms with E-state index in [9.17, 15) is 18.0 Å². The summed E-state index contributed by atoms with van der Waals surface area (Å²) >= 11 is 0. The average molecular weight is 370 g/mol. The molecule has 0 fully saturated rings. The highest BCUT2D eigenvalue weighted by Crippen LogP contribution is 2.30. The third-order valence-electron chi connectivity index (χ3n) is 4.01. The van der Waals surface area contributed by atoms with Gasteiger partial charge < -0.3 is 5.32 Å². The van der Waals surface area contributed by atoms with E-state index in [-0.39, 0.29) is 5.69 Å². The number of pyridine rings is 1. The Labute approximate surface area is 154 Å². The summed E-state index contributed by atoms with van der Waals surface area (Å²) in [6.45, 7) is 4.00. The summed E-state index contributed by atoms with van der Waals surface area (Å²) in [5.74, 6) is -0.436. The number of hydrogen-bond donors (Lipinski definition) is 1. The SMILES string of the molecule is Cc1cc(C)cc(-c2ccc(C(=O)Nc3ccc(C(F)(F)F)cc3)cn2)c1. The van der Waals surface area contributed by atoms with Crippen molar-refractivity contribution in [1.82, 2.24) is 4.98 Å². The molecule has 1 N–H and O–H groups in total. The van der Waals surface area contributed by atoms with E-state index >= 15 is 0 Å². The van der Waals surface area contributed by atoms with Gasteiger partial charge in [0, 0.05) is 17.4 Å². The summed E-state index contributed by atoms with van der Waals surface area (Å²) in [5.41, 5.74) is 3.79. The fourth-order valence-electron chi connectivity index (χ4n) is 2.77. The maximum absolute atomic E-state index is 12.6. The molecule has 0 bridgehead atoms. The maximum Gasteiger partial charge on any atom is 0.416 e. The summed E-state index contributed by atoms with van der Waals surface area (Å²) in [5, 5.41) is 2.57. The number of anilines is 1. The van der Waals surface area contributed by atoms with Crippen LogP contribution in [0.4, 0.5) is 18.9 Å². The minimum atomic E-state index is -4.41. The zero-order chi connectivity index (χ0) is 19.6. The molecule has 1 aromatic heterocycles. The molecule has 0 aliphatic rings. The Morgan fingerprint density at radius 3 is 2.07 bits per heavy atom. The Morgan fingerprint density at radius 2 is 1.56 bits per heavy atom. The van der Waals surface area contributed by atoms with Crippen LogP contribution in [0, 0.1) is 13.8 Å². The van der Waals surface area contributed by atoms with Crippen LogP contribution in [0.3, 0.4) is 0 Å². The number of halogens is 3. The number of aromatic nitrogens is 1. The van der Waals surface area contributed by atoms with Gasteiger partial charge in [-0.25, -0.2) is 0 Å². The summed E-state index contributed by atoms with van der Waals surface area (Å²) in [4.78, 5) is 16.6. The van der Waals surface area contributed by atoms with Crippen molar-refractivity contribution in [2.24, 2.45) is 0 Å². The van der Waals surface area contributed by atoms with Crippen LogP contribution in [0.25, 0.3) is 11.3 Å². The van der Waals surface area contributed by atoms with Crippen molar-refractivity contribution >= 4 is 11.6 Å². The second-order valence-electron chi connectivity index (χ2n) is 6.34. The Bertz CT molecular complexity index is 942. The molecule has 27 heavy (non-hydrogen) atoms. The Kier molecular flexibility index (Phi) is 4.99. The molecule has 0 saturated heterocycles. The van der Waals surface area contributed by atoms with E-state index in [1.807, 2.05) is 26.0 Å². The lowest BCUT2D eigenvalue weighted by atomic mass is 10.0. The zero-order valence-electron chi connectivity index (χ0n) is 14.8. The summed E-state index contributed by atoms with van der Waals surface area (Å²) in [6.07, 6.45) is -2.96. The predicted molar refractivity (Wildman–Crippen MR) is 98.5 cm³/mol. The van der Waals surface area contributed by atoms with Gasteiger partial charge in [-0.3, -0.25) is 9.78 Å². The lowest BCUT2D eigenvalue weighted by Gasteiger charge is -2.09. The second-order valence-corrected chi connectivity index (χ2v) is 6.34. The molecule has 0 aliphatic carbocycles. The van der Waals surface area contributed by atoms with Crippen molar-refractivity contribution in [3.05, 3.63) is 83.0 Å². The van der Waals surface area contributed by atoms with E-state index in [0.29, 0.717) is 5.56 Å². The summed E-state index contributed by atoms with van der Waals surface area (Å²) < 4.78 is 37.7. The number of rotatable bonds is 3. The molecular formula is C21H17F3N2O. The number of aryl methyl sites for hydroxylation is 2. The number of benzene rings is 2. The number of amides is 1. The topological polar surface area (TPSA) is 42.0 Å². The normalized spacial score (nSPS) is 11.3. The molecule has 1 heterocycles. The van der Waals surface area contributed by atoms with Gasteiger partial charge in [0.05, 0.1) is 16.8 Å². The molecule has 0 spiro atoms. The first-order valence-corrected chi connectivity index (χ1v) is 8.26. The van der Waals surface area contributed by atoms with E-state index in [2.05, 4.69) is 16.4 Å². The van der Waals surface area contributed by atoms with Crippen LogP contribution in [-0.2, 0) is 6.18 Å². The van der Waals surface area contributed by atoms with Crippen LogP contribution in [-0.4, -0.2) is 10.9 Å². The van der Waals surface area contributed by atoms with Gasteiger partial charge in [-0.2, -0.15) is 13.2 Å². The van der Waals surface area contributed by atoms with Crippen molar-refractivity contribution < 1.29 is 18.0 Å². The van der Waals surface area contributed by atoms with Gasteiger partial charge in [-0.15, -0.1) is 0 Å². The van der Waals surface area contributed by atoms with E-state index < -0.39 is 17.6 Å². The fraction of sp³-hybridized carbons (Fsp3) is 0.143. The third-order valence-corrected chi connectivity index (χ3v) is 4.01. The zero-order valence-corrected chi connectivity index (χ0v) is 14.8. The standard InChI is InChI=1S/C21H17F3N2O/c1-13-9-14(2)11-16(10-13)19-8-3-15(12-25-19)20(27)26-18-6-4-17(5-7-18)21(22,23)24/h3-12H,1-2H3,(H,26,27). The first-order chi connectivity index (χ1) is 12.7. The van der Waals surface area contributed by atoms with Crippen LogP contribution in [0.1, 0.15) is 27.0 Å². The highest BCUT2D eigenvalue weighted by molar-refractivity contribution is 6.04. The van der Waals surface area contributed by atoms with Crippen LogP contribution in [0.15, 0.2) is 60.8 Å². The van der Waals surface area contributed by atoms with Crippen LogP contribution >= 0.6 is 0 Å². The van der Waals surface area contributed by atoms with Gasteiger partial charge in [-0.05, 0) is 62.4 Å². The summed E-state index contributed by atoms with van der Waals surface area (Å²) in [6, 6.07) is 13.8. The van der Waals surface area contributed by atoms with Crippen molar-refractivity contribution in [3.8, 4) is 11.3 Å². The Hall–Kier alpha value is -3.15. The fourth-order valence-corrected chi connectivity index (χ4v) is 2.77. The molecule has 0 saturated carbocycles. The molecule has 2 aromatic carbocycles. The van der Waals surface area contributed by atoms with Gasteiger partial charge in [0.15, 0.2) is 0 Å². The average Bonchev–Trinajstić information content (AvgIpc) is 2.61. The van der Waals surface area contributed by atoms with Gasteiger partial charge in [-0.1, -0.05) is 17.2 Å². The highest BCUT2D eigenvalue weighted by Gasteiger charge is 2.30. The van der Waals surface area contributed by atoms with E-state index in [4.69, 9.17) is 0 Å². The maximum atomic E-state index is 12.6. The van der Waals surface area contributed by atoms with Crippen LogP contribution < -0.4 is 5.32 Å². The molecule has 1 amide bonds. The molecule has 0 unspecified atom stereocenters. The Balaban J connectivity index is 1.74. The molecule has 3 nitrogen and oxygen atoms in total. The predicted octanol–water partition coefficient (Wildman–Crippen LogP) is 5.64. The largest absolute Gasteiger partial charge is 0.416 e. The van der Waals surface area contributed by atoms with Crippen molar-refractivity contribution in [2.75, 3.05) is 5.32 Å². The Morgan fingerprint density at radius 1 is 0.926 bits per heavy atom. The summed E-state index contributed by atoms with van der Waals surface area (Å²) in [7, 11) is 0. The number of nitrogens with one attached hydrogen (secondary N) is 1. The molecule has 6 heteroatoms. The van der Waals surface area contributed by atoms with E-state index in [0.717, 1.165) is 34.5 Å². The molecule has 0 atom stereocenters. The molecule has 3 aromatic rings. The number of carbonyl (C=O) groups excluding carboxylic acids is 1. The van der Waals surface area contributed by atoms with Crippen LogP contribution in [0.5, 0.6) is 0 Å². The van der Waals surface area contributed by atoms with Gasteiger partial charge in [0.25, 0.3) is 5.91 Å². The molecule has 0 radical (unpaired) electrons. The molecule has 3 rings (SSSR count). The molecular weight excluding hydrogens is 353 g/mol. The minimum Gasteiger partial charge on any atom is -0.322 e. The minimum absolute atomic E-state index is 0.284. The van der Waals surface area contributed by atoms with Crippen molar-refractivity contribution in [2.45, 2.75) is 20.0 Å². The van der Waals surface area contributed by atoms with Crippen LogP contribution in [0.2, 0.25) is 0 Å². The first-order valence-electron chi connectivity index (χ1n) is 8.26. The number of nitrogens with zero attached hydrogens (tertiary/aromatic N) is 1. The van der Waals surface area contributed by atoms with E-state index in [1.54, 1.807) is 12.1 Å². The molecule has 138 valence electrons. The van der Waals surface area contributed by atoms with Crippen molar-refractivity contribution in [3.63, 3.8) is 0 Å².